The normalized spacial score (nSPS) is 22.1. The first-order valence-electron chi connectivity index (χ1n) is 12.9. The molecule has 36 heavy (non-hydrogen) atoms. The minimum Gasteiger partial charge on any atom is -0.494 e. The van der Waals surface area contributed by atoms with Crippen LogP contribution in [0.4, 0.5) is 0 Å². The van der Waals surface area contributed by atoms with E-state index in [9.17, 15) is 4.79 Å². The van der Waals surface area contributed by atoms with Crippen LogP contribution in [-0.4, -0.2) is 48.3 Å². The van der Waals surface area contributed by atoms with E-state index in [1.54, 1.807) is 0 Å². The molecule has 2 aromatic rings. The number of hydrogen-bond donors (Lipinski definition) is 3. The minimum absolute atomic E-state index is 0.0950. The molecular formula is C28H36BrN3O4. The standard InChI is InChI=1S/C28H36BrN3O4/c1-20-28(18-23-10-5-6-11-25(23)29,27(34)32-30-19-21-8-3-2-4-9-21)31-26(36-20)22-12-14-24(15-13-22)35-17-7-16-33/h5-6,10-15,20-21,30,33H,2-4,7-9,16-19H2,1H3,(H,32,34)/t20-,28-/m0/s1. The zero-order valence-corrected chi connectivity index (χ0v) is 22.4. The topological polar surface area (TPSA) is 92.2 Å². The van der Waals surface area contributed by atoms with Gasteiger partial charge in [0.2, 0.25) is 5.90 Å². The van der Waals surface area contributed by atoms with Crippen molar-refractivity contribution in [3.8, 4) is 5.75 Å². The van der Waals surface area contributed by atoms with Crippen LogP contribution in [0.3, 0.4) is 0 Å². The van der Waals surface area contributed by atoms with Gasteiger partial charge in [-0.25, -0.2) is 10.4 Å². The lowest BCUT2D eigenvalue weighted by molar-refractivity contribution is -0.129. The summed E-state index contributed by atoms with van der Waals surface area (Å²) >= 11 is 3.63. The Morgan fingerprint density at radius 1 is 1.17 bits per heavy atom. The summed E-state index contributed by atoms with van der Waals surface area (Å²) in [6.45, 7) is 3.21. The lowest BCUT2D eigenvalue weighted by atomic mass is 9.86. The van der Waals surface area contributed by atoms with Crippen molar-refractivity contribution in [3.63, 3.8) is 0 Å². The largest absolute Gasteiger partial charge is 0.494 e. The molecule has 0 bridgehead atoms. The summed E-state index contributed by atoms with van der Waals surface area (Å²) in [6.07, 6.45) is 6.75. The lowest BCUT2D eigenvalue weighted by Gasteiger charge is -2.29. The van der Waals surface area contributed by atoms with Crippen molar-refractivity contribution in [3.05, 3.63) is 64.1 Å². The fourth-order valence-electron chi connectivity index (χ4n) is 4.85. The summed E-state index contributed by atoms with van der Waals surface area (Å²) in [6, 6.07) is 15.4. The molecule has 1 aliphatic carbocycles. The molecular weight excluding hydrogens is 522 g/mol. The maximum absolute atomic E-state index is 13.7. The van der Waals surface area contributed by atoms with E-state index in [2.05, 4.69) is 26.8 Å². The number of aliphatic imine (C=N–C) groups is 1. The highest BCUT2D eigenvalue weighted by Gasteiger charge is 2.50. The first kappa shape index (κ1) is 26.6. The van der Waals surface area contributed by atoms with Crippen LogP contribution < -0.4 is 15.6 Å². The van der Waals surface area contributed by atoms with Crippen LogP contribution in [0.25, 0.3) is 0 Å². The maximum atomic E-state index is 13.7. The molecule has 0 spiro atoms. The fraction of sp³-hybridized carbons (Fsp3) is 0.500. The number of aliphatic hydroxyl groups excluding tert-OH is 1. The highest BCUT2D eigenvalue weighted by molar-refractivity contribution is 9.10. The Morgan fingerprint density at radius 3 is 2.64 bits per heavy atom. The number of benzene rings is 2. The Labute approximate surface area is 221 Å². The van der Waals surface area contributed by atoms with Crippen molar-refractivity contribution in [2.45, 2.75) is 63.5 Å². The first-order valence-corrected chi connectivity index (χ1v) is 13.7. The predicted octanol–water partition coefficient (Wildman–Crippen LogP) is 4.56. The van der Waals surface area contributed by atoms with Gasteiger partial charge in [0.15, 0.2) is 5.54 Å². The smallest absolute Gasteiger partial charge is 0.266 e. The average Bonchev–Trinajstić information content (AvgIpc) is 3.23. The van der Waals surface area contributed by atoms with Gasteiger partial charge in [-0.1, -0.05) is 53.4 Å². The molecule has 0 radical (unpaired) electrons. The zero-order chi connectivity index (χ0) is 25.4. The van der Waals surface area contributed by atoms with E-state index in [4.69, 9.17) is 19.6 Å². The van der Waals surface area contributed by atoms with Crippen molar-refractivity contribution in [1.82, 2.24) is 10.9 Å². The number of nitrogens with one attached hydrogen (secondary N) is 2. The van der Waals surface area contributed by atoms with Crippen LogP contribution in [0.1, 0.15) is 56.6 Å². The summed E-state index contributed by atoms with van der Waals surface area (Å²) in [7, 11) is 0. The van der Waals surface area contributed by atoms with Gasteiger partial charge < -0.3 is 14.6 Å². The molecule has 3 N–H and O–H groups in total. The Hall–Kier alpha value is -2.42. The zero-order valence-electron chi connectivity index (χ0n) is 20.8. The molecule has 7 nitrogen and oxygen atoms in total. The molecule has 0 aromatic heterocycles. The molecule has 8 heteroatoms. The van der Waals surface area contributed by atoms with Crippen LogP contribution >= 0.6 is 15.9 Å². The van der Waals surface area contributed by atoms with Gasteiger partial charge in [0, 0.05) is 36.0 Å². The van der Waals surface area contributed by atoms with Crippen LogP contribution in [0.5, 0.6) is 5.75 Å². The lowest BCUT2D eigenvalue weighted by Crippen LogP contribution is -2.56. The number of nitrogens with zero attached hydrogens (tertiary/aromatic N) is 1. The predicted molar refractivity (Wildman–Crippen MR) is 144 cm³/mol. The van der Waals surface area contributed by atoms with E-state index >= 15 is 0 Å². The molecule has 194 valence electrons. The summed E-state index contributed by atoms with van der Waals surface area (Å²) in [5.41, 5.74) is 6.82. The number of ether oxygens (including phenoxy) is 2. The molecule has 2 aromatic carbocycles. The highest BCUT2D eigenvalue weighted by Crippen LogP contribution is 2.34. The van der Waals surface area contributed by atoms with Gasteiger partial charge in [0.05, 0.1) is 6.61 Å². The van der Waals surface area contributed by atoms with Crippen molar-refractivity contribution >= 4 is 27.7 Å². The van der Waals surface area contributed by atoms with Crippen molar-refractivity contribution in [2.75, 3.05) is 19.8 Å². The first-order chi connectivity index (χ1) is 17.5. The van der Waals surface area contributed by atoms with Crippen LogP contribution in [0.2, 0.25) is 0 Å². The van der Waals surface area contributed by atoms with E-state index in [-0.39, 0.29) is 12.5 Å². The van der Waals surface area contributed by atoms with Gasteiger partial charge in [-0.2, -0.15) is 0 Å². The molecule has 2 aliphatic rings. The second-order valence-electron chi connectivity index (χ2n) is 9.66. The van der Waals surface area contributed by atoms with Crippen LogP contribution in [0, 0.1) is 5.92 Å². The number of halogens is 1. The SMILES string of the molecule is C[C@@H]1OC(c2ccc(OCCCO)cc2)=N[C@]1(Cc1ccccc1Br)C(=O)NNCC1CCCCC1. The summed E-state index contributed by atoms with van der Waals surface area (Å²) in [5.74, 6) is 1.55. The second kappa shape index (κ2) is 12.7. The monoisotopic (exact) mass is 557 g/mol. The molecule has 0 saturated heterocycles. The second-order valence-corrected chi connectivity index (χ2v) is 10.5. The quantitative estimate of drug-likeness (QED) is 0.278. The van der Waals surface area contributed by atoms with Gasteiger partial charge in [-0.3, -0.25) is 10.2 Å². The number of aliphatic hydroxyl groups is 1. The van der Waals surface area contributed by atoms with Gasteiger partial charge in [-0.05, 0) is 61.6 Å². The molecule has 1 fully saturated rings. The third-order valence-corrected chi connectivity index (χ3v) is 7.84. The molecule has 1 aliphatic heterocycles. The summed E-state index contributed by atoms with van der Waals surface area (Å²) in [4.78, 5) is 18.6. The fourth-order valence-corrected chi connectivity index (χ4v) is 5.28. The summed E-state index contributed by atoms with van der Waals surface area (Å²) in [5, 5.41) is 8.94. The van der Waals surface area contributed by atoms with Gasteiger partial charge in [-0.15, -0.1) is 0 Å². The van der Waals surface area contributed by atoms with E-state index in [1.807, 2.05) is 55.5 Å². The van der Waals surface area contributed by atoms with Gasteiger partial charge in [0.1, 0.15) is 11.9 Å². The highest BCUT2D eigenvalue weighted by atomic mass is 79.9. The number of hydrazine groups is 1. The van der Waals surface area contributed by atoms with E-state index in [0.29, 0.717) is 37.0 Å². The average molecular weight is 559 g/mol. The number of carbonyl (C=O) groups is 1. The van der Waals surface area contributed by atoms with Crippen molar-refractivity contribution < 1.29 is 19.4 Å². The molecule has 0 unspecified atom stereocenters. The number of carbonyl (C=O) groups excluding carboxylic acids is 1. The third-order valence-electron chi connectivity index (χ3n) is 7.06. The van der Waals surface area contributed by atoms with Crippen molar-refractivity contribution in [2.24, 2.45) is 10.9 Å². The minimum atomic E-state index is -1.12. The molecule has 1 amide bonds. The Kier molecular flexibility index (Phi) is 9.40. The number of amides is 1. The van der Waals surface area contributed by atoms with E-state index in [0.717, 1.165) is 22.1 Å². The molecule has 1 saturated carbocycles. The number of rotatable bonds is 11. The molecule has 2 atom stereocenters. The Balaban J connectivity index is 1.54. The van der Waals surface area contributed by atoms with Crippen LogP contribution in [0.15, 0.2) is 58.0 Å². The van der Waals surface area contributed by atoms with Crippen molar-refractivity contribution in [1.29, 1.82) is 0 Å². The third kappa shape index (κ3) is 6.47. The summed E-state index contributed by atoms with van der Waals surface area (Å²) < 4.78 is 12.8. The Morgan fingerprint density at radius 2 is 1.92 bits per heavy atom. The molecule has 4 rings (SSSR count). The Bertz CT molecular complexity index is 1040. The van der Waals surface area contributed by atoms with Gasteiger partial charge in [0.25, 0.3) is 5.91 Å². The van der Waals surface area contributed by atoms with Crippen LogP contribution in [-0.2, 0) is 16.0 Å². The molecule has 1 heterocycles. The maximum Gasteiger partial charge on any atom is 0.266 e. The van der Waals surface area contributed by atoms with E-state index < -0.39 is 11.6 Å². The number of hydrogen-bond acceptors (Lipinski definition) is 6. The van der Waals surface area contributed by atoms with E-state index in [1.165, 1.54) is 32.1 Å². The van der Waals surface area contributed by atoms with Gasteiger partial charge >= 0.3 is 0 Å².